The molecule has 3 saturated heterocycles. The molecule has 3 heterocycles. The number of carbonyl (C=O) groups is 2. The van der Waals surface area contributed by atoms with Crippen molar-refractivity contribution in [2.45, 2.75) is 109 Å². The van der Waals surface area contributed by atoms with Crippen molar-refractivity contribution in [1.82, 2.24) is 14.7 Å². The molecule has 3 aliphatic heterocycles. The first-order valence-corrected chi connectivity index (χ1v) is 16.1. The van der Waals surface area contributed by atoms with Crippen molar-refractivity contribution < 1.29 is 14.3 Å². The van der Waals surface area contributed by atoms with Gasteiger partial charge in [-0.05, 0) is 63.0 Å². The van der Waals surface area contributed by atoms with Crippen LogP contribution in [0.4, 0.5) is 4.79 Å². The third-order valence-electron chi connectivity index (χ3n) is 10.6. The third-order valence-corrected chi connectivity index (χ3v) is 10.6. The molecule has 2 amide bonds. The fraction of sp³-hybridized carbons (Fsp3) is 0.758. The van der Waals surface area contributed by atoms with Gasteiger partial charge in [0.25, 0.3) is 5.91 Å². The summed E-state index contributed by atoms with van der Waals surface area (Å²) >= 11 is 0. The molecule has 1 aromatic carbocycles. The maximum atomic E-state index is 13.3. The first-order valence-electron chi connectivity index (χ1n) is 16.1. The van der Waals surface area contributed by atoms with Gasteiger partial charge in [-0.15, -0.1) is 0 Å². The second-order valence-electron chi connectivity index (χ2n) is 13.2. The Morgan fingerprint density at radius 1 is 1.02 bits per heavy atom. The quantitative estimate of drug-likeness (QED) is 0.482. The number of rotatable bonds is 7. The average molecular weight is 553 g/mol. The van der Waals surface area contributed by atoms with Crippen LogP contribution >= 0.6 is 0 Å². The van der Waals surface area contributed by atoms with E-state index in [0.29, 0.717) is 12.0 Å². The van der Waals surface area contributed by atoms with E-state index in [1.54, 1.807) is 0 Å². The minimum Gasteiger partial charge on any atom is -0.442 e. The lowest BCUT2D eigenvalue weighted by atomic mass is 9.73. The molecule has 2 unspecified atom stereocenters. The number of piperidine rings is 2. The first-order chi connectivity index (χ1) is 19.3. The lowest BCUT2D eigenvalue weighted by Gasteiger charge is -2.53. The number of carbonyl (C=O) groups excluding carboxylic acids is 2. The molecule has 7 nitrogen and oxygen atoms in total. The van der Waals surface area contributed by atoms with E-state index in [4.69, 9.17) is 10.5 Å². The van der Waals surface area contributed by atoms with Crippen molar-refractivity contribution in [1.29, 1.82) is 0 Å². The van der Waals surface area contributed by atoms with Crippen LogP contribution in [0.2, 0.25) is 0 Å². The van der Waals surface area contributed by atoms with Gasteiger partial charge in [-0.1, -0.05) is 50.8 Å². The fourth-order valence-electron chi connectivity index (χ4n) is 8.17. The Morgan fingerprint density at radius 3 is 2.30 bits per heavy atom. The summed E-state index contributed by atoms with van der Waals surface area (Å²) in [5, 5.41) is 0. The Morgan fingerprint density at radius 2 is 1.68 bits per heavy atom. The van der Waals surface area contributed by atoms with E-state index in [2.05, 4.69) is 11.8 Å². The monoisotopic (exact) mass is 552 g/mol. The van der Waals surface area contributed by atoms with Crippen LogP contribution in [0.25, 0.3) is 0 Å². The number of amides is 2. The van der Waals surface area contributed by atoms with Gasteiger partial charge in [-0.2, -0.15) is 0 Å². The molecule has 1 aromatic rings. The molecular formula is C33H52N4O3. The smallest absolute Gasteiger partial charge is 0.410 e. The normalized spacial score (nSPS) is 25.7. The molecule has 0 bridgehead atoms. The first kappa shape index (κ1) is 29.4. The van der Waals surface area contributed by atoms with Crippen LogP contribution in [0.15, 0.2) is 18.2 Å². The SMILES string of the molecule is CCCC(N)C1CN(CC2CCCCC2)C(=O)OC12CCN(C1CCN(C(=O)c3c(C)cccc3C)CC1)CC2. The summed E-state index contributed by atoms with van der Waals surface area (Å²) in [7, 11) is 0. The zero-order valence-corrected chi connectivity index (χ0v) is 25.2. The van der Waals surface area contributed by atoms with Crippen LogP contribution in [0, 0.1) is 25.7 Å². The van der Waals surface area contributed by atoms with Crippen LogP contribution < -0.4 is 5.73 Å². The predicted octanol–water partition coefficient (Wildman–Crippen LogP) is 5.52. The third kappa shape index (κ3) is 6.20. The molecule has 0 aromatic heterocycles. The Bertz CT molecular complexity index is 1000. The number of nitrogens with two attached hydrogens (primary N) is 1. The summed E-state index contributed by atoms with van der Waals surface area (Å²) < 4.78 is 6.43. The van der Waals surface area contributed by atoms with E-state index in [1.165, 1.54) is 32.1 Å². The Hall–Kier alpha value is -2.12. The molecule has 1 saturated carbocycles. The van der Waals surface area contributed by atoms with Gasteiger partial charge in [0.05, 0.1) is 0 Å². The summed E-state index contributed by atoms with van der Waals surface area (Å²) in [6.45, 7) is 11.3. The molecule has 2 N–H and O–H groups in total. The molecule has 0 radical (unpaired) electrons. The van der Waals surface area contributed by atoms with Crippen molar-refractivity contribution in [3.63, 3.8) is 0 Å². The molecule has 222 valence electrons. The van der Waals surface area contributed by atoms with E-state index in [0.717, 1.165) is 94.5 Å². The summed E-state index contributed by atoms with van der Waals surface area (Å²) in [6, 6.07) is 6.61. The molecule has 40 heavy (non-hydrogen) atoms. The van der Waals surface area contributed by atoms with Gasteiger partial charge < -0.3 is 20.3 Å². The highest BCUT2D eigenvalue weighted by atomic mass is 16.6. The van der Waals surface area contributed by atoms with Gasteiger partial charge in [0.15, 0.2) is 0 Å². The molecule has 7 heteroatoms. The van der Waals surface area contributed by atoms with Crippen LogP contribution in [0.3, 0.4) is 0 Å². The molecule has 2 atom stereocenters. The maximum absolute atomic E-state index is 13.3. The minimum atomic E-state index is -0.440. The summed E-state index contributed by atoms with van der Waals surface area (Å²) in [5.74, 6) is 0.965. The highest BCUT2D eigenvalue weighted by molar-refractivity contribution is 5.97. The number of likely N-dealkylation sites (tertiary alicyclic amines) is 2. The Balaban J connectivity index is 1.19. The number of benzene rings is 1. The molecule has 4 fully saturated rings. The van der Waals surface area contributed by atoms with Crippen molar-refractivity contribution >= 4 is 12.0 Å². The number of ether oxygens (including phenoxy) is 1. The number of hydrogen-bond acceptors (Lipinski definition) is 5. The lowest BCUT2D eigenvalue weighted by Crippen LogP contribution is -2.65. The van der Waals surface area contributed by atoms with Gasteiger partial charge in [0.1, 0.15) is 5.60 Å². The lowest BCUT2D eigenvalue weighted by molar-refractivity contribution is -0.131. The second kappa shape index (κ2) is 12.8. The standard InChI is InChI=1S/C33H52N4O3/c1-4-9-29(34)28-23-37(22-26-12-6-5-7-13-26)32(39)40-33(28)16-20-35(21-17-33)27-14-18-36(19-15-27)31(38)30-24(2)10-8-11-25(30)3/h8,10-11,26-29H,4-7,9,12-23,34H2,1-3H3. The predicted molar refractivity (Wildman–Crippen MR) is 159 cm³/mol. The van der Waals surface area contributed by atoms with Gasteiger partial charge in [-0.3, -0.25) is 9.69 Å². The van der Waals surface area contributed by atoms with E-state index >= 15 is 0 Å². The van der Waals surface area contributed by atoms with Crippen molar-refractivity contribution in [2.24, 2.45) is 17.6 Å². The molecule has 4 aliphatic rings. The average Bonchev–Trinajstić information content (AvgIpc) is 2.95. The second-order valence-corrected chi connectivity index (χ2v) is 13.2. The van der Waals surface area contributed by atoms with Crippen LogP contribution in [-0.2, 0) is 4.74 Å². The van der Waals surface area contributed by atoms with E-state index < -0.39 is 5.60 Å². The van der Waals surface area contributed by atoms with Gasteiger partial charge in [0.2, 0.25) is 0 Å². The van der Waals surface area contributed by atoms with Crippen molar-refractivity contribution in [2.75, 3.05) is 39.3 Å². The maximum Gasteiger partial charge on any atom is 0.410 e. The summed E-state index contributed by atoms with van der Waals surface area (Å²) in [6.07, 6.45) is 12.0. The summed E-state index contributed by atoms with van der Waals surface area (Å²) in [5.41, 5.74) is 9.37. The van der Waals surface area contributed by atoms with Crippen molar-refractivity contribution in [3.8, 4) is 0 Å². The van der Waals surface area contributed by atoms with Gasteiger partial charge >= 0.3 is 6.09 Å². The number of aryl methyl sites for hydroxylation is 2. The Kier molecular flexibility index (Phi) is 9.41. The fourth-order valence-corrected chi connectivity index (χ4v) is 8.17. The molecule has 5 rings (SSSR count). The Labute approximate surface area is 241 Å². The summed E-state index contributed by atoms with van der Waals surface area (Å²) in [4.78, 5) is 33.3. The van der Waals surface area contributed by atoms with Crippen LogP contribution in [0.1, 0.15) is 99.0 Å². The largest absolute Gasteiger partial charge is 0.442 e. The number of hydrogen-bond donors (Lipinski definition) is 1. The van der Waals surface area contributed by atoms with E-state index in [9.17, 15) is 9.59 Å². The zero-order chi connectivity index (χ0) is 28.3. The van der Waals surface area contributed by atoms with Crippen LogP contribution in [-0.4, -0.2) is 83.7 Å². The topological polar surface area (TPSA) is 79.1 Å². The van der Waals surface area contributed by atoms with Gasteiger partial charge in [-0.25, -0.2) is 4.79 Å². The molecule has 1 spiro atoms. The highest BCUT2D eigenvalue weighted by Gasteiger charge is 2.52. The van der Waals surface area contributed by atoms with Crippen molar-refractivity contribution in [3.05, 3.63) is 34.9 Å². The molecular weight excluding hydrogens is 500 g/mol. The minimum absolute atomic E-state index is 0.0534. The van der Waals surface area contributed by atoms with Crippen LogP contribution in [0.5, 0.6) is 0 Å². The zero-order valence-electron chi connectivity index (χ0n) is 25.2. The van der Waals surface area contributed by atoms with E-state index in [-0.39, 0.29) is 24.0 Å². The van der Waals surface area contributed by atoms with E-state index in [1.807, 2.05) is 41.8 Å². The highest BCUT2D eigenvalue weighted by Crippen LogP contribution is 2.42. The number of nitrogens with zero attached hydrogens (tertiary/aromatic N) is 3. The van der Waals surface area contributed by atoms with Gasteiger partial charge in [0, 0.05) is 75.7 Å². The molecule has 1 aliphatic carbocycles.